The first-order valence-corrected chi connectivity index (χ1v) is 9.16. The average Bonchev–Trinajstić information content (AvgIpc) is 2.40. The lowest BCUT2D eigenvalue weighted by Crippen LogP contribution is -2.53. The molecule has 5 nitrogen and oxygen atoms in total. The van der Waals surface area contributed by atoms with Crippen LogP contribution in [0.15, 0.2) is 24.3 Å². The highest BCUT2D eigenvalue weighted by molar-refractivity contribution is 7.88. The fraction of sp³-hybridized carbons (Fsp3) is 0.600. The normalized spacial score (nSPS) is 21.4. The lowest BCUT2D eigenvalue weighted by Gasteiger charge is -2.38. The van der Waals surface area contributed by atoms with E-state index >= 15 is 0 Å². The van der Waals surface area contributed by atoms with Crippen molar-refractivity contribution in [2.75, 3.05) is 32.5 Å². The maximum atomic E-state index is 11.7. The number of rotatable bonds is 5. The SMILES string of the molecule is CCOc1ccccc1CN1CCN(S(C)(=O)=O)[C@@H](C)C1. The van der Waals surface area contributed by atoms with E-state index in [1.54, 1.807) is 4.31 Å². The lowest BCUT2D eigenvalue weighted by atomic mass is 10.1. The molecule has 0 unspecified atom stereocenters. The monoisotopic (exact) mass is 312 g/mol. The summed E-state index contributed by atoms with van der Waals surface area (Å²) in [5.74, 6) is 0.915. The van der Waals surface area contributed by atoms with Crippen LogP contribution in [0.3, 0.4) is 0 Å². The molecule has 21 heavy (non-hydrogen) atoms. The third kappa shape index (κ3) is 4.18. The Balaban J connectivity index is 2.03. The van der Waals surface area contributed by atoms with Crippen LogP contribution in [0.2, 0.25) is 0 Å². The van der Waals surface area contributed by atoms with E-state index in [1.807, 2.05) is 32.0 Å². The van der Waals surface area contributed by atoms with Crippen LogP contribution in [0.5, 0.6) is 5.75 Å². The minimum atomic E-state index is -3.11. The molecule has 1 atom stereocenters. The van der Waals surface area contributed by atoms with Crippen LogP contribution >= 0.6 is 0 Å². The Morgan fingerprint density at radius 2 is 2.00 bits per heavy atom. The Morgan fingerprint density at radius 3 is 2.62 bits per heavy atom. The van der Waals surface area contributed by atoms with Gasteiger partial charge in [-0.15, -0.1) is 0 Å². The van der Waals surface area contributed by atoms with E-state index in [9.17, 15) is 8.42 Å². The summed E-state index contributed by atoms with van der Waals surface area (Å²) in [7, 11) is -3.11. The molecule has 0 spiro atoms. The van der Waals surface area contributed by atoms with Gasteiger partial charge in [-0.1, -0.05) is 18.2 Å². The number of piperazine rings is 1. The molecular formula is C15H24N2O3S. The molecule has 1 heterocycles. The van der Waals surface area contributed by atoms with Gasteiger partial charge in [-0.25, -0.2) is 8.42 Å². The van der Waals surface area contributed by atoms with Gasteiger partial charge < -0.3 is 4.74 Å². The van der Waals surface area contributed by atoms with Gasteiger partial charge in [0, 0.05) is 37.8 Å². The van der Waals surface area contributed by atoms with Crippen molar-refractivity contribution in [3.05, 3.63) is 29.8 Å². The lowest BCUT2D eigenvalue weighted by molar-refractivity contribution is 0.137. The minimum Gasteiger partial charge on any atom is -0.494 e. The molecule has 1 aliphatic rings. The smallest absolute Gasteiger partial charge is 0.211 e. The first kappa shape index (κ1) is 16.3. The molecule has 1 saturated heterocycles. The predicted octanol–water partition coefficient (Wildman–Crippen LogP) is 1.55. The second-order valence-electron chi connectivity index (χ2n) is 5.50. The van der Waals surface area contributed by atoms with Crippen molar-refractivity contribution < 1.29 is 13.2 Å². The van der Waals surface area contributed by atoms with Crippen LogP contribution in [-0.2, 0) is 16.6 Å². The summed E-state index contributed by atoms with van der Waals surface area (Å²) in [4.78, 5) is 2.28. The Morgan fingerprint density at radius 1 is 1.29 bits per heavy atom. The van der Waals surface area contributed by atoms with Crippen LogP contribution in [0.4, 0.5) is 0 Å². The van der Waals surface area contributed by atoms with Crippen molar-refractivity contribution in [1.82, 2.24) is 9.21 Å². The molecule has 0 bridgehead atoms. The van der Waals surface area contributed by atoms with E-state index in [0.717, 1.165) is 30.9 Å². The van der Waals surface area contributed by atoms with Crippen molar-refractivity contribution >= 4 is 10.0 Å². The molecule has 2 rings (SSSR count). The van der Waals surface area contributed by atoms with Crippen LogP contribution in [0.1, 0.15) is 19.4 Å². The van der Waals surface area contributed by atoms with Crippen LogP contribution in [0, 0.1) is 0 Å². The first-order chi connectivity index (χ1) is 9.91. The molecule has 6 heteroatoms. The van der Waals surface area contributed by atoms with Crippen molar-refractivity contribution in [1.29, 1.82) is 0 Å². The number of ether oxygens (including phenoxy) is 1. The Hall–Kier alpha value is -1.11. The summed E-state index contributed by atoms with van der Waals surface area (Å²) in [6.07, 6.45) is 1.28. The van der Waals surface area contributed by atoms with Crippen molar-refractivity contribution in [3.8, 4) is 5.75 Å². The fourth-order valence-corrected chi connectivity index (χ4v) is 3.96. The summed E-state index contributed by atoms with van der Waals surface area (Å²) in [6, 6.07) is 8.04. The van der Waals surface area contributed by atoms with Gasteiger partial charge in [0.25, 0.3) is 0 Å². The minimum absolute atomic E-state index is 0.00741. The molecule has 0 aromatic heterocycles. The van der Waals surface area contributed by atoms with Gasteiger partial charge in [-0.3, -0.25) is 4.90 Å². The van der Waals surface area contributed by atoms with E-state index in [4.69, 9.17) is 4.74 Å². The van der Waals surface area contributed by atoms with E-state index in [0.29, 0.717) is 13.2 Å². The van der Waals surface area contributed by atoms with Crippen molar-refractivity contribution in [3.63, 3.8) is 0 Å². The molecule has 0 saturated carbocycles. The Labute approximate surface area is 127 Å². The van der Waals surface area contributed by atoms with Crippen LogP contribution < -0.4 is 4.74 Å². The summed E-state index contributed by atoms with van der Waals surface area (Å²) < 4.78 is 30.6. The summed E-state index contributed by atoms with van der Waals surface area (Å²) in [5.41, 5.74) is 1.15. The van der Waals surface area contributed by atoms with E-state index in [2.05, 4.69) is 11.0 Å². The van der Waals surface area contributed by atoms with Crippen LogP contribution in [-0.4, -0.2) is 56.2 Å². The number of hydrogen-bond acceptors (Lipinski definition) is 4. The van der Waals surface area contributed by atoms with Gasteiger partial charge in [0.2, 0.25) is 10.0 Å². The maximum Gasteiger partial charge on any atom is 0.211 e. The molecule has 0 N–H and O–H groups in total. The predicted molar refractivity (Wildman–Crippen MR) is 83.9 cm³/mol. The van der Waals surface area contributed by atoms with E-state index < -0.39 is 10.0 Å². The molecule has 0 aliphatic carbocycles. The number of benzene rings is 1. The van der Waals surface area contributed by atoms with Crippen LogP contribution in [0.25, 0.3) is 0 Å². The van der Waals surface area contributed by atoms with Gasteiger partial charge in [-0.2, -0.15) is 4.31 Å². The highest BCUT2D eigenvalue weighted by Crippen LogP contribution is 2.22. The number of sulfonamides is 1. The third-order valence-corrected chi connectivity index (χ3v) is 5.14. The zero-order valence-electron chi connectivity index (χ0n) is 12.9. The quantitative estimate of drug-likeness (QED) is 0.828. The maximum absolute atomic E-state index is 11.7. The molecule has 118 valence electrons. The molecule has 1 fully saturated rings. The second-order valence-corrected chi connectivity index (χ2v) is 7.43. The number of para-hydroxylation sites is 1. The Kier molecular flexibility index (Phi) is 5.24. The molecule has 1 aromatic carbocycles. The molecule has 1 aliphatic heterocycles. The average molecular weight is 312 g/mol. The van der Waals surface area contributed by atoms with Crippen molar-refractivity contribution in [2.24, 2.45) is 0 Å². The zero-order valence-corrected chi connectivity index (χ0v) is 13.8. The highest BCUT2D eigenvalue weighted by Gasteiger charge is 2.29. The standard InChI is InChI=1S/C15H24N2O3S/c1-4-20-15-8-6-5-7-14(15)12-16-9-10-17(13(2)11-16)21(3,18)19/h5-8,13H,4,9-12H2,1-3H3/t13-/m0/s1. The van der Waals surface area contributed by atoms with E-state index in [1.165, 1.54) is 6.26 Å². The first-order valence-electron chi connectivity index (χ1n) is 7.31. The highest BCUT2D eigenvalue weighted by atomic mass is 32.2. The fourth-order valence-electron chi connectivity index (χ4n) is 2.82. The van der Waals surface area contributed by atoms with Gasteiger partial charge >= 0.3 is 0 Å². The third-order valence-electron chi connectivity index (χ3n) is 3.74. The molecular weight excluding hydrogens is 288 g/mol. The molecule has 0 amide bonds. The summed E-state index contributed by atoms with van der Waals surface area (Å²) in [6.45, 7) is 7.42. The molecule has 1 aromatic rings. The Bertz CT molecular complexity index is 574. The summed E-state index contributed by atoms with van der Waals surface area (Å²) in [5, 5.41) is 0. The number of hydrogen-bond donors (Lipinski definition) is 0. The number of nitrogens with zero attached hydrogens (tertiary/aromatic N) is 2. The topological polar surface area (TPSA) is 49.9 Å². The largest absolute Gasteiger partial charge is 0.494 e. The molecule has 0 radical (unpaired) electrons. The summed E-state index contributed by atoms with van der Waals surface area (Å²) >= 11 is 0. The van der Waals surface area contributed by atoms with E-state index in [-0.39, 0.29) is 6.04 Å². The zero-order chi connectivity index (χ0) is 15.5. The van der Waals surface area contributed by atoms with Gasteiger partial charge in [-0.05, 0) is 19.9 Å². The second kappa shape index (κ2) is 6.77. The van der Waals surface area contributed by atoms with Gasteiger partial charge in [0.15, 0.2) is 0 Å². The van der Waals surface area contributed by atoms with Gasteiger partial charge in [0.1, 0.15) is 5.75 Å². The van der Waals surface area contributed by atoms with Gasteiger partial charge in [0.05, 0.1) is 12.9 Å². The van der Waals surface area contributed by atoms with Crippen molar-refractivity contribution in [2.45, 2.75) is 26.4 Å².